The van der Waals surface area contributed by atoms with Crippen LogP contribution in [0.5, 0.6) is 0 Å². The fraction of sp³-hybridized carbons (Fsp3) is 0.400. The molecule has 1 unspecified atom stereocenters. The van der Waals surface area contributed by atoms with Gasteiger partial charge >= 0.3 is 5.97 Å². The minimum absolute atomic E-state index is 0.0557. The van der Waals surface area contributed by atoms with Gasteiger partial charge in [0.15, 0.2) is 0 Å². The van der Waals surface area contributed by atoms with Crippen molar-refractivity contribution in [1.29, 1.82) is 0 Å². The van der Waals surface area contributed by atoms with E-state index in [0.29, 0.717) is 5.56 Å². The van der Waals surface area contributed by atoms with E-state index in [1.807, 2.05) is 0 Å². The number of hydrogen-bond acceptors (Lipinski definition) is 4. The molecule has 1 atom stereocenters. The van der Waals surface area contributed by atoms with Crippen LogP contribution in [0.2, 0.25) is 0 Å². The van der Waals surface area contributed by atoms with Crippen LogP contribution in [-0.4, -0.2) is 49.2 Å². The second-order valence-electron chi connectivity index (χ2n) is 5.18. The zero-order valence-electron chi connectivity index (χ0n) is 12.8. The second kappa shape index (κ2) is 7.56. The SMILES string of the molecule is CNC(=O)c1cccc(C(=O)NC(C)(COC)CC(=O)O)c1. The number of methoxy groups -OCH3 is 1. The standard InChI is InChI=1S/C15H20N2O5/c1-15(9-22-3,8-12(18)19)17-14(21)11-6-4-5-10(7-11)13(20)16-2/h4-7H,8-9H2,1-3H3,(H,16,20)(H,17,21)(H,18,19). The third kappa shape index (κ3) is 4.85. The van der Waals surface area contributed by atoms with Gasteiger partial charge in [-0.1, -0.05) is 6.07 Å². The molecule has 1 rings (SSSR count). The van der Waals surface area contributed by atoms with E-state index in [4.69, 9.17) is 9.84 Å². The number of benzene rings is 1. The zero-order chi connectivity index (χ0) is 16.8. The number of nitrogens with one attached hydrogen (secondary N) is 2. The Morgan fingerprint density at radius 1 is 1.23 bits per heavy atom. The van der Waals surface area contributed by atoms with Gasteiger partial charge in [0.2, 0.25) is 0 Å². The molecule has 0 fully saturated rings. The maximum Gasteiger partial charge on any atom is 0.305 e. The van der Waals surface area contributed by atoms with Gasteiger partial charge in [-0.25, -0.2) is 0 Å². The van der Waals surface area contributed by atoms with E-state index >= 15 is 0 Å². The average molecular weight is 308 g/mol. The smallest absolute Gasteiger partial charge is 0.305 e. The Morgan fingerprint density at radius 3 is 2.32 bits per heavy atom. The fourth-order valence-electron chi connectivity index (χ4n) is 2.08. The lowest BCUT2D eigenvalue weighted by molar-refractivity contribution is -0.139. The van der Waals surface area contributed by atoms with Crippen molar-refractivity contribution in [2.45, 2.75) is 18.9 Å². The molecule has 0 aromatic heterocycles. The van der Waals surface area contributed by atoms with Gasteiger partial charge in [0, 0.05) is 25.3 Å². The first-order valence-electron chi connectivity index (χ1n) is 6.66. The minimum atomic E-state index is -1.04. The van der Waals surface area contributed by atoms with Gasteiger partial charge in [-0.3, -0.25) is 14.4 Å². The van der Waals surface area contributed by atoms with Crippen LogP contribution in [0.4, 0.5) is 0 Å². The number of carbonyl (C=O) groups is 3. The Hall–Kier alpha value is -2.41. The fourth-order valence-corrected chi connectivity index (χ4v) is 2.08. The molecule has 0 radical (unpaired) electrons. The highest BCUT2D eigenvalue weighted by atomic mass is 16.5. The number of carboxylic acid groups (broad SMARTS) is 1. The summed E-state index contributed by atoms with van der Waals surface area (Å²) in [4.78, 5) is 34.8. The summed E-state index contributed by atoms with van der Waals surface area (Å²) < 4.78 is 4.98. The number of rotatable bonds is 7. The van der Waals surface area contributed by atoms with E-state index in [2.05, 4.69) is 10.6 Å². The van der Waals surface area contributed by atoms with Crippen molar-refractivity contribution < 1.29 is 24.2 Å². The second-order valence-corrected chi connectivity index (χ2v) is 5.18. The van der Waals surface area contributed by atoms with Crippen LogP contribution in [0, 0.1) is 0 Å². The first kappa shape index (κ1) is 17.6. The van der Waals surface area contributed by atoms with Crippen LogP contribution in [0.15, 0.2) is 24.3 Å². The molecule has 0 aliphatic rings. The highest BCUT2D eigenvalue weighted by Gasteiger charge is 2.30. The Kier molecular flexibility index (Phi) is 6.06. The largest absolute Gasteiger partial charge is 0.481 e. The summed E-state index contributed by atoms with van der Waals surface area (Å²) in [5, 5.41) is 14.1. The summed E-state index contributed by atoms with van der Waals surface area (Å²) in [6.07, 6.45) is -0.276. The van der Waals surface area contributed by atoms with Crippen molar-refractivity contribution in [3.05, 3.63) is 35.4 Å². The summed E-state index contributed by atoms with van der Waals surface area (Å²) in [6.45, 7) is 1.64. The van der Waals surface area contributed by atoms with E-state index in [-0.39, 0.29) is 24.5 Å². The van der Waals surface area contributed by atoms with Crippen LogP contribution in [0.25, 0.3) is 0 Å². The number of ether oxygens (including phenoxy) is 1. The first-order chi connectivity index (χ1) is 10.3. The molecule has 0 aliphatic heterocycles. The molecule has 0 heterocycles. The molecule has 0 bridgehead atoms. The van der Waals surface area contributed by atoms with Gasteiger partial charge in [0.1, 0.15) is 0 Å². The molecule has 0 aliphatic carbocycles. The lowest BCUT2D eigenvalue weighted by Crippen LogP contribution is -2.50. The molecule has 120 valence electrons. The molecule has 1 aromatic rings. The van der Waals surface area contributed by atoms with Crippen molar-refractivity contribution >= 4 is 17.8 Å². The van der Waals surface area contributed by atoms with Gasteiger partial charge in [-0.2, -0.15) is 0 Å². The molecule has 0 spiro atoms. The van der Waals surface area contributed by atoms with E-state index in [1.165, 1.54) is 20.2 Å². The molecule has 0 saturated carbocycles. The maximum atomic E-state index is 12.3. The van der Waals surface area contributed by atoms with Crippen molar-refractivity contribution in [2.75, 3.05) is 20.8 Å². The lowest BCUT2D eigenvalue weighted by Gasteiger charge is -2.28. The maximum absolute atomic E-state index is 12.3. The molecule has 7 nitrogen and oxygen atoms in total. The third-order valence-electron chi connectivity index (χ3n) is 3.03. The summed E-state index contributed by atoms with van der Waals surface area (Å²) in [6, 6.07) is 6.17. The predicted molar refractivity (Wildman–Crippen MR) is 79.8 cm³/mol. The monoisotopic (exact) mass is 308 g/mol. The highest BCUT2D eigenvalue weighted by molar-refractivity contribution is 5.99. The van der Waals surface area contributed by atoms with Gasteiger partial charge in [-0.05, 0) is 25.1 Å². The van der Waals surface area contributed by atoms with Gasteiger partial charge < -0.3 is 20.5 Å². The Morgan fingerprint density at radius 2 is 1.82 bits per heavy atom. The van der Waals surface area contributed by atoms with Crippen molar-refractivity contribution in [1.82, 2.24) is 10.6 Å². The van der Waals surface area contributed by atoms with Crippen molar-refractivity contribution in [2.24, 2.45) is 0 Å². The Bertz CT molecular complexity index is 573. The van der Waals surface area contributed by atoms with Crippen LogP contribution < -0.4 is 10.6 Å². The molecular weight excluding hydrogens is 288 g/mol. The molecule has 2 amide bonds. The molecule has 3 N–H and O–H groups in total. The van der Waals surface area contributed by atoms with Crippen LogP contribution in [0.3, 0.4) is 0 Å². The number of amides is 2. The number of carbonyl (C=O) groups excluding carboxylic acids is 2. The molecular formula is C15H20N2O5. The van der Waals surface area contributed by atoms with Crippen molar-refractivity contribution in [3.63, 3.8) is 0 Å². The number of hydrogen-bond donors (Lipinski definition) is 3. The number of carboxylic acids is 1. The van der Waals surface area contributed by atoms with Crippen LogP contribution in [0.1, 0.15) is 34.1 Å². The summed E-state index contributed by atoms with van der Waals surface area (Å²) in [5.41, 5.74) is -0.420. The summed E-state index contributed by atoms with van der Waals surface area (Å²) >= 11 is 0. The molecule has 1 aromatic carbocycles. The first-order valence-corrected chi connectivity index (χ1v) is 6.66. The zero-order valence-corrected chi connectivity index (χ0v) is 12.8. The van der Waals surface area contributed by atoms with Gasteiger partial charge in [-0.15, -0.1) is 0 Å². The molecule has 0 saturated heterocycles. The van der Waals surface area contributed by atoms with E-state index in [1.54, 1.807) is 25.1 Å². The quantitative estimate of drug-likeness (QED) is 0.686. The highest BCUT2D eigenvalue weighted by Crippen LogP contribution is 2.13. The van der Waals surface area contributed by atoms with Crippen molar-refractivity contribution in [3.8, 4) is 0 Å². The Labute approximate surface area is 128 Å². The van der Waals surface area contributed by atoms with Crippen LogP contribution >= 0.6 is 0 Å². The van der Waals surface area contributed by atoms with E-state index < -0.39 is 17.4 Å². The summed E-state index contributed by atoms with van der Waals surface area (Å²) in [7, 11) is 2.93. The minimum Gasteiger partial charge on any atom is -0.481 e. The van der Waals surface area contributed by atoms with Gasteiger partial charge in [0.25, 0.3) is 11.8 Å². The number of aliphatic carboxylic acids is 1. The third-order valence-corrected chi connectivity index (χ3v) is 3.03. The molecule has 7 heteroatoms. The van der Waals surface area contributed by atoms with Gasteiger partial charge in [0.05, 0.1) is 18.6 Å². The molecule has 22 heavy (non-hydrogen) atoms. The average Bonchev–Trinajstić information content (AvgIpc) is 2.45. The van der Waals surface area contributed by atoms with E-state index in [9.17, 15) is 14.4 Å². The lowest BCUT2D eigenvalue weighted by atomic mass is 9.98. The van der Waals surface area contributed by atoms with Crippen LogP contribution in [-0.2, 0) is 9.53 Å². The summed E-state index contributed by atoms with van der Waals surface area (Å²) in [5.74, 6) is -1.81. The normalized spacial score (nSPS) is 13.0. The topological polar surface area (TPSA) is 105 Å². The van der Waals surface area contributed by atoms with E-state index in [0.717, 1.165) is 0 Å². The predicted octanol–water partition coefficient (Wildman–Crippen LogP) is 0.656. The Balaban J connectivity index is 2.95.